The first-order chi connectivity index (χ1) is 16.8. The van der Waals surface area contributed by atoms with Gasteiger partial charge in [0.1, 0.15) is 5.52 Å². The van der Waals surface area contributed by atoms with Gasteiger partial charge in [0.25, 0.3) is 11.8 Å². The van der Waals surface area contributed by atoms with Gasteiger partial charge in [-0.1, -0.05) is 50.8 Å². The first kappa shape index (κ1) is 31.1. The Morgan fingerprint density at radius 1 is 1.17 bits per heavy atom. The maximum Gasteiger partial charge on any atom is 0.488 e. The molecule has 0 atom stereocenters. The summed E-state index contributed by atoms with van der Waals surface area (Å²) < 4.78 is 65.3. The van der Waals surface area contributed by atoms with Crippen molar-refractivity contribution in [2.45, 2.75) is 66.2 Å². The van der Waals surface area contributed by atoms with E-state index in [1.165, 1.54) is 43.7 Å². The Labute approximate surface area is 210 Å². The van der Waals surface area contributed by atoms with Gasteiger partial charge in [-0.15, -0.1) is 0 Å². The van der Waals surface area contributed by atoms with Crippen molar-refractivity contribution in [3.63, 3.8) is 0 Å². The van der Waals surface area contributed by atoms with Gasteiger partial charge in [-0.25, -0.2) is 8.78 Å². The lowest BCUT2D eigenvalue weighted by molar-refractivity contribution is -0.130. The molecule has 36 heavy (non-hydrogen) atoms. The maximum absolute atomic E-state index is 13.2. The number of pyridine rings is 1. The molecule has 1 saturated heterocycles. The number of aromatic nitrogens is 1. The zero-order valence-corrected chi connectivity index (χ0v) is 22.1. The van der Waals surface area contributed by atoms with Gasteiger partial charge in [0.2, 0.25) is 5.91 Å². The molecule has 0 aliphatic carbocycles. The molecule has 1 aliphatic heterocycles. The first-order valence-electron chi connectivity index (χ1n) is 11.8. The highest BCUT2D eigenvalue weighted by molar-refractivity contribution is 7.81. The van der Waals surface area contributed by atoms with E-state index in [1.54, 1.807) is 6.92 Å². The number of hydrogen-bond donors (Lipinski definition) is 1. The minimum Gasteiger partial charge on any atom is -0.356 e. The smallest absolute Gasteiger partial charge is 0.356 e. The standard InChI is InChI=1S/C17H16F3N3O5S.C4H10.C3H8/c1-10-6-12-11(2-4-21-15(12)13(7-10)28-29(20,26)27)16(25)22-8-14(24)23-5-3-17(18,19)9-23;1-3-4-2;1-3-2/h2,4,6-7H,3,5,8-9H2,1H3,(H,22,25);3-4H2,1-2H3;3H2,1-2H3. The Hall–Kier alpha value is -2.89. The molecule has 1 N–H and O–H groups in total. The zero-order chi connectivity index (χ0) is 27.5. The normalized spacial score (nSPS) is 14.3. The molecule has 3 rings (SSSR count). The Kier molecular flexibility index (Phi) is 12.1. The first-order valence-corrected chi connectivity index (χ1v) is 13.1. The van der Waals surface area contributed by atoms with Crippen LogP contribution >= 0.6 is 0 Å². The topological polar surface area (TPSA) is 106 Å². The minimum atomic E-state index is -5.31. The maximum atomic E-state index is 13.2. The molecule has 1 aromatic carbocycles. The Bertz CT molecular complexity index is 1140. The highest BCUT2D eigenvalue weighted by Gasteiger charge is 2.40. The molecule has 0 bridgehead atoms. The van der Waals surface area contributed by atoms with Crippen LogP contribution in [0.25, 0.3) is 10.9 Å². The molecular formula is C24H34F3N3O5S. The van der Waals surface area contributed by atoms with Crippen molar-refractivity contribution < 1.29 is 34.9 Å². The highest BCUT2D eigenvalue weighted by Crippen LogP contribution is 2.29. The number of amides is 2. The third-order valence-electron chi connectivity index (χ3n) is 4.81. The predicted octanol–water partition coefficient (Wildman–Crippen LogP) is 4.96. The van der Waals surface area contributed by atoms with Crippen LogP contribution < -0.4 is 9.50 Å². The van der Waals surface area contributed by atoms with Crippen LogP contribution in [-0.2, 0) is 15.3 Å². The number of carbonyl (C=O) groups is 2. The largest absolute Gasteiger partial charge is 0.488 e. The van der Waals surface area contributed by atoms with Crippen molar-refractivity contribution in [3.05, 3.63) is 35.5 Å². The van der Waals surface area contributed by atoms with Crippen LogP contribution in [0.2, 0.25) is 0 Å². The fourth-order valence-corrected chi connectivity index (χ4v) is 3.38. The summed E-state index contributed by atoms with van der Waals surface area (Å²) in [7, 11) is -5.31. The summed E-state index contributed by atoms with van der Waals surface area (Å²) in [5.41, 5.74) is 0.419. The van der Waals surface area contributed by atoms with Gasteiger partial charge in [-0.2, -0.15) is 8.42 Å². The zero-order valence-electron chi connectivity index (χ0n) is 21.2. The van der Waals surface area contributed by atoms with Crippen molar-refractivity contribution in [1.82, 2.24) is 15.2 Å². The third-order valence-corrected chi connectivity index (χ3v) is 5.19. The van der Waals surface area contributed by atoms with Gasteiger partial charge in [0, 0.05) is 24.5 Å². The Morgan fingerprint density at radius 2 is 1.78 bits per heavy atom. The van der Waals surface area contributed by atoms with E-state index >= 15 is 0 Å². The van der Waals surface area contributed by atoms with E-state index in [9.17, 15) is 30.7 Å². The molecule has 1 aromatic heterocycles. The molecular weight excluding hydrogens is 499 g/mol. The lowest BCUT2D eigenvalue weighted by Gasteiger charge is -2.16. The molecule has 12 heteroatoms. The van der Waals surface area contributed by atoms with Crippen LogP contribution in [0.4, 0.5) is 12.7 Å². The van der Waals surface area contributed by atoms with Gasteiger partial charge in [0.15, 0.2) is 5.75 Å². The minimum absolute atomic E-state index is 0.0272. The second-order valence-corrected chi connectivity index (χ2v) is 9.26. The van der Waals surface area contributed by atoms with Crippen LogP contribution in [0.5, 0.6) is 5.75 Å². The van der Waals surface area contributed by atoms with Gasteiger partial charge < -0.3 is 14.4 Å². The van der Waals surface area contributed by atoms with E-state index in [4.69, 9.17) is 0 Å². The molecule has 1 fully saturated rings. The van der Waals surface area contributed by atoms with Crippen molar-refractivity contribution in [2.24, 2.45) is 0 Å². The fourth-order valence-electron chi connectivity index (χ4n) is 3.04. The number of benzene rings is 1. The lowest BCUT2D eigenvalue weighted by atomic mass is 10.1. The number of alkyl halides is 2. The SMILES string of the molecule is CCC.CCCC.Cc1cc(OS(=O)(=O)F)c2nccc(C(=O)NCC(=O)N3CCC(F)(F)C3)c2c1. The number of likely N-dealkylation sites (tertiary alicyclic amines) is 1. The van der Waals surface area contributed by atoms with E-state index < -0.39 is 53.5 Å². The number of aryl methyl sites for hydroxylation is 1. The van der Waals surface area contributed by atoms with Crippen molar-refractivity contribution in [3.8, 4) is 5.75 Å². The lowest BCUT2D eigenvalue weighted by Crippen LogP contribution is -2.40. The number of nitrogens with one attached hydrogen (secondary N) is 1. The van der Waals surface area contributed by atoms with Crippen molar-refractivity contribution in [1.29, 1.82) is 0 Å². The van der Waals surface area contributed by atoms with Crippen molar-refractivity contribution in [2.75, 3.05) is 19.6 Å². The molecule has 0 spiro atoms. The Morgan fingerprint density at radius 3 is 2.28 bits per heavy atom. The quantitative estimate of drug-likeness (QED) is 0.527. The van der Waals surface area contributed by atoms with Gasteiger partial charge in [-0.3, -0.25) is 14.6 Å². The van der Waals surface area contributed by atoms with E-state index in [-0.39, 0.29) is 23.0 Å². The van der Waals surface area contributed by atoms with Gasteiger partial charge >= 0.3 is 10.5 Å². The van der Waals surface area contributed by atoms with E-state index in [0.29, 0.717) is 5.56 Å². The van der Waals surface area contributed by atoms with E-state index in [0.717, 1.165) is 4.90 Å². The summed E-state index contributed by atoms with van der Waals surface area (Å²) in [6.07, 6.45) is 4.65. The number of hydrogen-bond acceptors (Lipinski definition) is 6. The summed E-state index contributed by atoms with van der Waals surface area (Å²) in [5.74, 6) is -4.70. The molecule has 202 valence electrons. The summed E-state index contributed by atoms with van der Waals surface area (Å²) in [4.78, 5) is 29.5. The number of carbonyl (C=O) groups excluding carboxylic acids is 2. The number of nitrogens with zero attached hydrogens (tertiary/aromatic N) is 2. The number of halogens is 3. The van der Waals surface area contributed by atoms with Crippen LogP contribution in [0, 0.1) is 6.92 Å². The van der Waals surface area contributed by atoms with Gasteiger partial charge in [0.05, 0.1) is 18.7 Å². The summed E-state index contributed by atoms with van der Waals surface area (Å²) in [6.45, 7) is 8.89. The van der Waals surface area contributed by atoms with E-state index in [1.807, 2.05) is 0 Å². The van der Waals surface area contributed by atoms with Gasteiger partial charge in [-0.05, 0) is 30.7 Å². The van der Waals surface area contributed by atoms with E-state index in [2.05, 4.69) is 42.2 Å². The average Bonchev–Trinajstić information content (AvgIpc) is 3.16. The average molecular weight is 534 g/mol. The number of rotatable bonds is 6. The predicted molar refractivity (Wildman–Crippen MR) is 132 cm³/mol. The van der Waals surface area contributed by atoms with Crippen LogP contribution in [0.15, 0.2) is 24.4 Å². The monoisotopic (exact) mass is 533 g/mol. The van der Waals surface area contributed by atoms with Crippen LogP contribution in [0.1, 0.15) is 69.3 Å². The molecule has 2 aromatic rings. The Balaban J connectivity index is 0.000000825. The fraction of sp³-hybridized carbons (Fsp3) is 0.542. The molecule has 0 radical (unpaired) electrons. The van der Waals surface area contributed by atoms with Crippen LogP contribution in [-0.4, -0.2) is 55.7 Å². The molecule has 2 heterocycles. The molecule has 0 unspecified atom stereocenters. The number of unbranched alkanes of at least 4 members (excludes halogenated alkanes) is 1. The number of fused-ring (bicyclic) bond motifs is 1. The van der Waals surface area contributed by atoms with Crippen LogP contribution in [0.3, 0.4) is 0 Å². The summed E-state index contributed by atoms with van der Waals surface area (Å²) in [6, 6.07) is 4.07. The molecule has 1 aliphatic rings. The molecule has 8 nitrogen and oxygen atoms in total. The summed E-state index contributed by atoms with van der Waals surface area (Å²) in [5, 5.41) is 2.52. The second kappa shape index (κ2) is 14.0. The molecule has 2 amide bonds. The summed E-state index contributed by atoms with van der Waals surface area (Å²) >= 11 is 0. The molecule has 0 saturated carbocycles. The third kappa shape index (κ3) is 10.00. The highest BCUT2D eigenvalue weighted by atomic mass is 32.3. The second-order valence-electron chi connectivity index (χ2n) is 8.31. The van der Waals surface area contributed by atoms with Crippen molar-refractivity contribution >= 4 is 33.2 Å².